The fourth-order valence-electron chi connectivity index (χ4n) is 2.27. The van der Waals surface area contributed by atoms with Gasteiger partial charge in [0.1, 0.15) is 17.9 Å². The summed E-state index contributed by atoms with van der Waals surface area (Å²) in [5.41, 5.74) is 8.42. The van der Waals surface area contributed by atoms with Gasteiger partial charge in [0.15, 0.2) is 0 Å². The molecule has 21 heavy (non-hydrogen) atoms. The summed E-state index contributed by atoms with van der Waals surface area (Å²) in [6, 6.07) is 13.4. The molecule has 1 aromatic heterocycles. The van der Waals surface area contributed by atoms with Crippen molar-refractivity contribution in [2.24, 2.45) is 0 Å². The highest BCUT2D eigenvalue weighted by molar-refractivity contribution is 5.93. The molecule has 0 saturated carbocycles. The molecule has 0 bridgehead atoms. The topological polar surface area (TPSA) is 64.3 Å². The number of rotatable bonds is 3. The minimum Gasteiger partial charge on any atom is -0.497 e. The second-order valence-corrected chi connectivity index (χ2v) is 4.73. The molecule has 0 unspecified atom stereocenters. The predicted octanol–water partition coefficient (Wildman–Crippen LogP) is 2.99. The zero-order valence-electron chi connectivity index (χ0n) is 11.9. The first-order chi connectivity index (χ1) is 10.2. The van der Waals surface area contributed by atoms with Gasteiger partial charge in [-0.3, -0.25) is 0 Å². The number of benzene rings is 2. The van der Waals surface area contributed by atoms with Gasteiger partial charge < -0.3 is 15.4 Å². The summed E-state index contributed by atoms with van der Waals surface area (Å²) in [4.78, 5) is 10.7. The maximum Gasteiger partial charge on any atom is 0.144 e. The van der Waals surface area contributed by atoms with Crippen LogP contribution in [-0.2, 0) is 0 Å². The van der Waals surface area contributed by atoms with Crippen LogP contribution in [0.1, 0.15) is 0 Å². The van der Waals surface area contributed by atoms with Crippen LogP contribution in [0.3, 0.4) is 0 Å². The fourth-order valence-corrected chi connectivity index (χ4v) is 2.27. The number of methoxy groups -OCH3 is 1. The van der Waals surface area contributed by atoms with Gasteiger partial charge in [0.05, 0.1) is 12.6 Å². The first kappa shape index (κ1) is 13.2. The van der Waals surface area contributed by atoms with E-state index in [2.05, 4.69) is 9.97 Å². The number of nitrogens with zero attached hydrogens (tertiary/aromatic N) is 3. The lowest BCUT2D eigenvalue weighted by Gasteiger charge is -2.20. The minimum absolute atomic E-state index is 0.692. The van der Waals surface area contributed by atoms with Gasteiger partial charge in [0.25, 0.3) is 0 Å². The van der Waals surface area contributed by atoms with E-state index in [1.807, 2.05) is 54.4 Å². The standard InChI is InChI=1S/C16H16N4O/c1-20(12-4-3-5-13(9-12)21-2)16-14-8-11(17)6-7-15(14)18-10-19-16/h3-10H,17H2,1-2H3. The van der Waals surface area contributed by atoms with E-state index in [1.165, 1.54) is 0 Å². The van der Waals surface area contributed by atoms with E-state index in [0.29, 0.717) is 5.69 Å². The highest BCUT2D eigenvalue weighted by atomic mass is 16.5. The van der Waals surface area contributed by atoms with Gasteiger partial charge in [-0.05, 0) is 30.3 Å². The van der Waals surface area contributed by atoms with Crippen molar-refractivity contribution in [1.82, 2.24) is 9.97 Å². The lowest BCUT2D eigenvalue weighted by atomic mass is 10.2. The lowest BCUT2D eigenvalue weighted by Crippen LogP contribution is -2.12. The molecular formula is C16H16N4O. The van der Waals surface area contributed by atoms with Crippen molar-refractivity contribution < 1.29 is 4.74 Å². The van der Waals surface area contributed by atoms with E-state index in [-0.39, 0.29) is 0 Å². The van der Waals surface area contributed by atoms with E-state index >= 15 is 0 Å². The molecule has 5 nitrogen and oxygen atoms in total. The van der Waals surface area contributed by atoms with Crippen LogP contribution in [0.25, 0.3) is 10.9 Å². The summed E-state index contributed by atoms with van der Waals surface area (Å²) in [5, 5.41) is 0.919. The fraction of sp³-hybridized carbons (Fsp3) is 0.125. The third-order valence-corrected chi connectivity index (χ3v) is 3.40. The van der Waals surface area contributed by atoms with Gasteiger partial charge in [0, 0.05) is 29.9 Å². The van der Waals surface area contributed by atoms with Crippen molar-refractivity contribution in [2.45, 2.75) is 0 Å². The van der Waals surface area contributed by atoms with E-state index in [0.717, 1.165) is 28.2 Å². The van der Waals surface area contributed by atoms with Gasteiger partial charge in [0.2, 0.25) is 0 Å². The summed E-state index contributed by atoms with van der Waals surface area (Å²) in [6.45, 7) is 0. The van der Waals surface area contributed by atoms with E-state index < -0.39 is 0 Å². The zero-order valence-corrected chi connectivity index (χ0v) is 11.9. The molecule has 0 amide bonds. The van der Waals surface area contributed by atoms with Crippen LogP contribution >= 0.6 is 0 Å². The number of aromatic nitrogens is 2. The Morgan fingerprint density at radius 2 is 1.95 bits per heavy atom. The number of hydrogen-bond acceptors (Lipinski definition) is 5. The number of hydrogen-bond donors (Lipinski definition) is 1. The monoisotopic (exact) mass is 280 g/mol. The number of fused-ring (bicyclic) bond motifs is 1. The molecule has 2 aromatic carbocycles. The first-order valence-electron chi connectivity index (χ1n) is 6.57. The van der Waals surface area contributed by atoms with Crippen LogP contribution in [0.5, 0.6) is 5.75 Å². The summed E-state index contributed by atoms with van der Waals surface area (Å²) in [5.74, 6) is 1.61. The maximum absolute atomic E-state index is 5.88. The first-order valence-corrected chi connectivity index (χ1v) is 6.57. The summed E-state index contributed by atoms with van der Waals surface area (Å²) >= 11 is 0. The van der Waals surface area contributed by atoms with Gasteiger partial charge in [-0.25, -0.2) is 9.97 Å². The molecule has 0 aliphatic carbocycles. The largest absolute Gasteiger partial charge is 0.497 e. The van der Waals surface area contributed by atoms with Crippen LogP contribution in [-0.4, -0.2) is 24.1 Å². The van der Waals surface area contributed by atoms with Crippen molar-refractivity contribution >= 4 is 28.1 Å². The van der Waals surface area contributed by atoms with Gasteiger partial charge in [-0.1, -0.05) is 6.07 Å². The average Bonchev–Trinajstić information content (AvgIpc) is 2.53. The molecular weight excluding hydrogens is 264 g/mol. The average molecular weight is 280 g/mol. The Morgan fingerprint density at radius 1 is 1.10 bits per heavy atom. The maximum atomic E-state index is 5.88. The molecule has 0 saturated heterocycles. The Morgan fingerprint density at radius 3 is 2.76 bits per heavy atom. The zero-order chi connectivity index (χ0) is 14.8. The quantitative estimate of drug-likeness (QED) is 0.747. The Bertz CT molecular complexity index is 788. The van der Waals surface area contributed by atoms with Crippen molar-refractivity contribution in [2.75, 3.05) is 24.8 Å². The molecule has 3 rings (SSSR count). The van der Waals surface area contributed by atoms with Crippen molar-refractivity contribution in [1.29, 1.82) is 0 Å². The number of anilines is 3. The van der Waals surface area contributed by atoms with E-state index in [4.69, 9.17) is 10.5 Å². The van der Waals surface area contributed by atoms with Crippen LogP contribution in [0.15, 0.2) is 48.8 Å². The molecule has 0 aliphatic rings. The predicted molar refractivity (Wildman–Crippen MR) is 85.0 cm³/mol. The van der Waals surface area contributed by atoms with Crippen molar-refractivity contribution in [3.05, 3.63) is 48.8 Å². The molecule has 0 radical (unpaired) electrons. The second kappa shape index (κ2) is 5.28. The Hall–Kier alpha value is -2.82. The van der Waals surface area contributed by atoms with Gasteiger partial charge in [-0.2, -0.15) is 0 Å². The van der Waals surface area contributed by atoms with E-state index in [1.54, 1.807) is 13.4 Å². The SMILES string of the molecule is COc1cccc(N(C)c2ncnc3ccc(N)cc23)c1. The molecule has 2 N–H and O–H groups in total. The van der Waals surface area contributed by atoms with Crippen LogP contribution in [0.2, 0.25) is 0 Å². The molecule has 0 fully saturated rings. The highest BCUT2D eigenvalue weighted by Gasteiger charge is 2.11. The van der Waals surface area contributed by atoms with Crippen molar-refractivity contribution in [3.63, 3.8) is 0 Å². The Balaban J connectivity index is 2.12. The third kappa shape index (κ3) is 2.45. The molecule has 5 heteroatoms. The number of nitrogen functional groups attached to an aromatic ring is 1. The summed E-state index contributed by atoms with van der Waals surface area (Å²) < 4.78 is 5.27. The Kier molecular flexibility index (Phi) is 3.31. The van der Waals surface area contributed by atoms with Crippen LogP contribution < -0.4 is 15.4 Å². The van der Waals surface area contributed by atoms with Gasteiger partial charge >= 0.3 is 0 Å². The number of nitrogens with two attached hydrogens (primary N) is 1. The number of ether oxygens (including phenoxy) is 1. The second-order valence-electron chi connectivity index (χ2n) is 4.73. The van der Waals surface area contributed by atoms with Crippen LogP contribution in [0, 0.1) is 0 Å². The smallest absolute Gasteiger partial charge is 0.144 e. The normalized spacial score (nSPS) is 10.6. The van der Waals surface area contributed by atoms with E-state index in [9.17, 15) is 0 Å². The molecule has 106 valence electrons. The van der Waals surface area contributed by atoms with Gasteiger partial charge in [-0.15, -0.1) is 0 Å². The molecule has 3 aromatic rings. The molecule has 0 atom stereocenters. The minimum atomic E-state index is 0.692. The third-order valence-electron chi connectivity index (χ3n) is 3.40. The van der Waals surface area contributed by atoms with Crippen LogP contribution in [0.4, 0.5) is 17.2 Å². The molecule has 1 heterocycles. The summed E-state index contributed by atoms with van der Waals surface area (Å²) in [7, 11) is 3.61. The van der Waals surface area contributed by atoms with Crippen molar-refractivity contribution in [3.8, 4) is 5.75 Å². The molecule has 0 spiro atoms. The Labute approximate surface area is 123 Å². The molecule has 0 aliphatic heterocycles. The lowest BCUT2D eigenvalue weighted by molar-refractivity contribution is 0.415. The highest BCUT2D eigenvalue weighted by Crippen LogP contribution is 2.30. The summed E-state index contributed by atoms with van der Waals surface area (Å²) in [6.07, 6.45) is 1.56.